The fraction of sp³-hybridized carbons (Fsp3) is 0.150. The molecule has 0 aliphatic rings. The Morgan fingerprint density at radius 2 is 1.68 bits per heavy atom. The van der Waals surface area contributed by atoms with E-state index in [0.29, 0.717) is 6.07 Å². The minimum absolute atomic E-state index is 0.0107. The van der Waals surface area contributed by atoms with E-state index in [1.54, 1.807) is 0 Å². The Labute approximate surface area is 176 Å². The lowest BCUT2D eigenvalue weighted by molar-refractivity contribution is -0.137. The van der Waals surface area contributed by atoms with Gasteiger partial charge in [-0.25, -0.2) is 4.39 Å². The molecule has 31 heavy (non-hydrogen) atoms. The number of alkyl halides is 3. The topological polar surface area (TPSA) is 60.6 Å². The first-order valence-corrected chi connectivity index (χ1v) is 8.82. The van der Waals surface area contributed by atoms with Crippen LogP contribution in [-0.2, 0) is 6.18 Å². The Morgan fingerprint density at radius 1 is 0.968 bits per heavy atom. The molecule has 1 N–H and O–H groups in total. The van der Waals surface area contributed by atoms with E-state index < -0.39 is 51.1 Å². The Balaban J connectivity index is 2.26. The second kappa shape index (κ2) is 8.46. The van der Waals surface area contributed by atoms with Gasteiger partial charge >= 0.3 is 6.18 Å². The van der Waals surface area contributed by atoms with Crippen molar-refractivity contribution in [1.82, 2.24) is 4.98 Å². The van der Waals surface area contributed by atoms with Gasteiger partial charge in [0.25, 0.3) is 0 Å². The van der Waals surface area contributed by atoms with E-state index in [-0.39, 0.29) is 17.1 Å². The Morgan fingerprint density at radius 3 is 2.29 bits per heavy atom. The number of methoxy groups -OCH3 is 2. The summed E-state index contributed by atoms with van der Waals surface area (Å²) in [7, 11) is 2.31. The molecule has 2 aromatic carbocycles. The molecule has 3 aromatic rings. The molecule has 0 aliphatic heterocycles. The van der Waals surface area contributed by atoms with Gasteiger partial charge in [-0.15, -0.1) is 0 Å². The lowest BCUT2D eigenvalue weighted by Crippen LogP contribution is -2.08. The quantitative estimate of drug-likeness (QED) is 0.488. The summed E-state index contributed by atoms with van der Waals surface area (Å²) in [6.07, 6.45) is -4.84. The summed E-state index contributed by atoms with van der Waals surface area (Å²) in [5.74, 6) is -4.12. The maximum absolute atomic E-state index is 14.0. The van der Waals surface area contributed by atoms with Crippen LogP contribution in [0.15, 0.2) is 41.2 Å². The van der Waals surface area contributed by atoms with E-state index in [1.165, 1.54) is 7.11 Å². The molecule has 0 saturated carbocycles. The van der Waals surface area contributed by atoms with Crippen LogP contribution in [0.2, 0.25) is 5.02 Å². The van der Waals surface area contributed by atoms with E-state index in [1.807, 2.05) is 0 Å². The van der Waals surface area contributed by atoms with Gasteiger partial charge < -0.3 is 19.2 Å². The smallest absolute Gasteiger partial charge is 0.417 e. The van der Waals surface area contributed by atoms with Gasteiger partial charge in [-0.3, -0.25) is 4.79 Å². The van der Waals surface area contributed by atoms with Crippen molar-refractivity contribution in [3.05, 3.63) is 68.8 Å². The average Bonchev–Trinajstić information content (AvgIpc) is 2.70. The number of halogens is 6. The molecule has 164 valence electrons. The van der Waals surface area contributed by atoms with Crippen LogP contribution in [-0.4, -0.2) is 19.2 Å². The van der Waals surface area contributed by atoms with Gasteiger partial charge in [-0.1, -0.05) is 11.6 Å². The number of aromatic amines is 1. The lowest BCUT2D eigenvalue weighted by atomic mass is 10.1. The predicted octanol–water partition coefficient (Wildman–Crippen LogP) is 5.80. The van der Waals surface area contributed by atoms with Crippen LogP contribution >= 0.6 is 11.6 Å². The third-order valence-electron chi connectivity index (χ3n) is 4.14. The van der Waals surface area contributed by atoms with Crippen molar-refractivity contribution in [2.24, 2.45) is 0 Å². The van der Waals surface area contributed by atoms with Crippen LogP contribution in [0.25, 0.3) is 11.3 Å². The number of ether oxygens (including phenoxy) is 3. The standard InChI is InChI=1S/C20H13ClF5NO4/c1-29-17-6-9(28)5-14(27-17)10-7-12(21)11(20(24,25)26)8-16(10)31-15-4-3-13(22)18(23)19(15)30-2/h3-8H,1-2H3,(H,27,28). The van der Waals surface area contributed by atoms with Crippen molar-refractivity contribution in [3.63, 3.8) is 0 Å². The predicted molar refractivity (Wildman–Crippen MR) is 102 cm³/mol. The fourth-order valence-electron chi connectivity index (χ4n) is 2.74. The number of hydrogen-bond acceptors (Lipinski definition) is 4. The van der Waals surface area contributed by atoms with Crippen LogP contribution in [0.5, 0.6) is 23.1 Å². The van der Waals surface area contributed by atoms with Crippen LogP contribution in [0.1, 0.15) is 5.56 Å². The van der Waals surface area contributed by atoms with Gasteiger partial charge in [0.15, 0.2) is 22.9 Å². The summed E-state index contributed by atoms with van der Waals surface area (Å²) in [5.41, 5.74) is -1.81. The average molecular weight is 462 g/mol. The van der Waals surface area contributed by atoms with E-state index in [0.717, 1.165) is 37.4 Å². The number of hydrogen-bond donors (Lipinski definition) is 1. The summed E-state index contributed by atoms with van der Waals surface area (Å²) in [6, 6.07) is 5.41. The van der Waals surface area contributed by atoms with Gasteiger partial charge in [-0.2, -0.15) is 17.6 Å². The lowest BCUT2D eigenvalue weighted by Gasteiger charge is -2.18. The molecule has 1 heterocycles. The first-order chi connectivity index (χ1) is 14.5. The number of H-pyrrole nitrogens is 1. The first kappa shape index (κ1) is 22.4. The van der Waals surface area contributed by atoms with Gasteiger partial charge in [0.2, 0.25) is 11.6 Å². The molecule has 0 bridgehead atoms. The van der Waals surface area contributed by atoms with E-state index in [9.17, 15) is 26.7 Å². The molecule has 5 nitrogen and oxygen atoms in total. The zero-order valence-corrected chi connectivity index (χ0v) is 16.6. The number of pyridine rings is 1. The molecule has 0 unspecified atom stereocenters. The Kier molecular flexibility index (Phi) is 6.12. The second-order valence-corrected chi connectivity index (χ2v) is 6.53. The largest absolute Gasteiger partial charge is 0.490 e. The number of nitrogens with one attached hydrogen (secondary N) is 1. The molecule has 0 atom stereocenters. The Hall–Kier alpha value is -3.27. The molecule has 0 amide bonds. The monoisotopic (exact) mass is 461 g/mol. The third-order valence-corrected chi connectivity index (χ3v) is 4.45. The third kappa shape index (κ3) is 4.58. The summed E-state index contributed by atoms with van der Waals surface area (Å²) in [5, 5.41) is -0.671. The summed E-state index contributed by atoms with van der Waals surface area (Å²) >= 11 is 5.82. The minimum atomic E-state index is -4.84. The molecule has 0 fully saturated rings. The van der Waals surface area contributed by atoms with Gasteiger partial charge in [-0.05, 0) is 24.3 Å². The SMILES string of the molecule is COc1cc(=O)cc(-c2cc(Cl)c(C(F)(F)F)cc2Oc2ccc(F)c(F)c2OC)[nH]1. The first-order valence-electron chi connectivity index (χ1n) is 8.44. The van der Waals surface area contributed by atoms with Gasteiger partial charge in [0.05, 0.1) is 30.5 Å². The maximum atomic E-state index is 14.0. The van der Waals surface area contributed by atoms with Crippen LogP contribution in [0, 0.1) is 11.6 Å². The summed E-state index contributed by atoms with van der Waals surface area (Å²) in [4.78, 5) is 14.6. The molecule has 11 heteroatoms. The van der Waals surface area contributed by atoms with Gasteiger partial charge in [0.1, 0.15) is 5.75 Å². The van der Waals surface area contributed by atoms with Crippen molar-refractivity contribution in [2.75, 3.05) is 14.2 Å². The number of aromatic nitrogens is 1. The normalized spacial score (nSPS) is 11.4. The maximum Gasteiger partial charge on any atom is 0.417 e. The Bertz CT molecular complexity index is 1190. The van der Waals surface area contributed by atoms with Gasteiger partial charge in [0, 0.05) is 17.7 Å². The molecule has 0 radical (unpaired) electrons. The van der Waals surface area contributed by atoms with Crippen LogP contribution in [0.4, 0.5) is 22.0 Å². The highest BCUT2D eigenvalue weighted by Gasteiger charge is 2.35. The van der Waals surface area contributed by atoms with E-state index >= 15 is 0 Å². The summed E-state index contributed by atoms with van der Waals surface area (Å²) in [6.45, 7) is 0. The van der Waals surface area contributed by atoms with Crippen molar-refractivity contribution >= 4 is 11.6 Å². The highest BCUT2D eigenvalue weighted by atomic mass is 35.5. The number of benzene rings is 2. The van der Waals surface area contributed by atoms with Crippen molar-refractivity contribution < 1.29 is 36.2 Å². The zero-order valence-electron chi connectivity index (χ0n) is 15.9. The fourth-order valence-corrected chi connectivity index (χ4v) is 3.01. The van der Waals surface area contributed by atoms with Crippen molar-refractivity contribution in [1.29, 1.82) is 0 Å². The van der Waals surface area contributed by atoms with E-state index in [4.69, 9.17) is 25.8 Å². The molecular weight excluding hydrogens is 449 g/mol. The molecule has 3 rings (SSSR count). The molecular formula is C20H13ClF5NO4. The summed E-state index contributed by atoms with van der Waals surface area (Å²) < 4.78 is 82.9. The molecule has 0 aliphatic carbocycles. The molecule has 0 spiro atoms. The highest BCUT2D eigenvalue weighted by molar-refractivity contribution is 6.31. The van der Waals surface area contributed by atoms with E-state index in [2.05, 4.69) is 4.98 Å². The molecule has 0 saturated heterocycles. The number of rotatable bonds is 5. The molecule has 1 aromatic heterocycles. The van der Waals surface area contributed by atoms with Crippen LogP contribution in [0.3, 0.4) is 0 Å². The van der Waals surface area contributed by atoms with Crippen molar-refractivity contribution in [3.8, 4) is 34.4 Å². The second-order valence-electron chi connectivity index (χ2n) is 6.12. The highest BCUT2D eigenvalue weighted by Crippen LogP contribution is 2.44. The zero-order chi connectivity index (χ0) is 22.9. The minimum Gasteiger partial charge on any atom is -0.490 e. The van der Waals surface area contributed by atoms with Crippen molar-refractivity contribution in [2.45, 2.75) is 6.18 Å². The van der Waals surface area contributed by atoms with Crippen LogP contribution < -0.4 is 19.6 Å².